The molecule has 0 spiro atoms. The highest BCUT2D eigenvalue weighted by molar-refractivity contribution is 5.79. The van der Waals surface area contributed by atoms with Gasteiger partial charge in [-0.15, -0.1) is 0 Å². The molecule has 0 radical (unpaired) electrons. The average molecular weight is 323 g/mol. The second-order valence-electron chi connectivity index (χ2n) is 6.61. The molecule has 1 aromatic rings. The third-order valence-electron chi connectivity index (χ3n) is 4.83. The molecule has 2 heterocycles. The van der Waals surface area contributed by atoms with Crippen LogP contribution in [-0.4, -0.2) is 35.9 Å². The number of alkyl halides is 2. The fraction of sp³-hybridized carbons (Fsp3) is 0.647. The van der Waals surface area contributed by atoms with E-state index >= 15 is 0 Å². The number of aromatic nitrogens is 1. The zero-order chi connectivity index (χ0) is 16.3. The Morgan fingerprint density at radius 2 is 2.04 bits per heavy atom. The van der Waals surface area contributed by atoms with Gasteiger partial charge in [0.2, 0.25) is 11.8 Å². The van der Waals surface area contributed by atoms with Gasteiger partial charge in [-0.3, -0.25) is 4.79 Å². The third-order valence-corrected chi connectivity index (χ3v) is 4.83. The minimum Gasteiger partial charge on any atom is -0.355 e. The van der Waals surface area contributed by atoms with Gasteiger partial charge in [0.25, 0.3) is 0 Å². The maximum absolute atomic E-state index is 13.2. The van der Waals surface area contributed by atoms with Crippen molar-refractivity contribution in [1.82, 2.24) is 10.3 Å². The Hall–Kier alpha value is -1.72. The lowest BCUT2D eigenvalue weighted by Gasteiger charge is -2.35. The number of hydrogen-bond donors (Lipinski definition) is 1. The van der Waals surface area contributed by atoms with Crippen LogP contribution in [0.25, 0.3) is 0 Å². The van der Waals surface area contributed by atoms with Crippen molar-refractivity contribution in [2.45, 2.75) is 50.5 Å². The molecular weight excluding hydrogens is 300 g/mol. The second-order valence-corrected chi connectivity index (χ2v) is 6.61. The van der Waals surface area contributed by atoms with E-state index in [0.29, 0.717) is 0 Å². The fourth-order valence-corrected chi connectivity index (χ4v) is 3.47. The van der Waals surface area contributed by atoms with Crippen LogP contribution in [0.5, 0.6) is 0 Å². The number of halogens is 2. The number of pyridine rings is 1. The molecule has 23 heavy (non-hydrogen) atoms. The Morgan fingerprint density at radius 1 is 1.26 bits per heavy atom. The zero-order valence-electron chi connectivity index (χ0n) is 13.2. The highest BCUT2D eigenvalue weighted by Gasteiger charge is 2.38. The van der Waals surface area contributed by atoms with Crippen LogP contribution < -0.4 is 10.2 Å². The van der Waals surface area contributed by atoms with Gasteiger partial charge in [0, 0.05) is 44.1 Å². The number of amides is 1. The molecule has 1 N–H and O–H groups in total. The van der Waals surface area contributed by atoms with Gasteiger partial charge in [0.15, 0.2) is 0 Å². The number of rotatable bonds is 3. The van der Waals surface area contributed by atoms with Crippen LogP contribution in [0.2, 0.25) is 0 Å². The van der Waals surface area contributed by atoms with E-state index in [-0.39, 0.29) is 43.6 Å². The Balaban J connectivity index is 1.53. The SMILES string of the molecule is O=C(N[C@@H]1CCCN(c2ccccn2)C1)C1CCC(F)(F)CC1. The van der Waals surface area contributed by atoms with Crippen molar-refractivity contribution in [3.05, 3.63) is 24.4 Å². The quantitative estimate of drug-likeness (QED) is 0.930. The first-order valence-electron chi connectivity index (χ1n) is 8.38. The van der Waals surface area contributed by atoms with Crippen molar-refractivity contribution in [2.24, 2.45) is 5.92 Å². The predicted octanol–water partition coefficient (Wildman–Crippen LogP) is 2.99. The zero-order valence-corrected chi connectivity index (χ0v) is 13.2. The van der Waals surface area contributed by atoms with E-state index in [1.165, 1.54) is 0 Å². The predicted molar refractivity (Wildman–Crippen MR) is 84.5 cm³/mol. The highest BCUT2D eigenvalue weighted by Crippen LogP contribution is 2.36. The van der Waals surface area contributed by atoms with Gasteiger partial charge in [-0.25, -0.2) is 13.8 Å². The molecule has 1 aliphatic heterocycles. The standard InChI is InChI=1S/C17H23F2N3O/c18-17(19)8-6-13(7-9-17)16(23)21-14-4-3-11-22(12-14)15-5-1-2-10-20-15/h1-2,5,10,13-14H,3-4,6-9,11-12H2,(H,21,23)/t14-/m1/s1. The minimum absolute atomic E-state index is 0.0617. The molecule has 1 aromatic heterocycles. The minimum atomic E-state index is -2.59. The molecule has 2 aliphatic rings. The summed E-state index contributed by atoms with van der Waals surface area (Å²) in [5.41, 5.74) is 0. The molecule has 1 aliphatic carbocycles. The van der Waals surface area contributed by atoms with Crippen LogP contribution in [0.15, 0.2) is 24.4 Å². The summed E-state index contributed by atoms with van der Waals surface area (Å²) in [5.74, 6) is -1.99. The van der Waals surface area contributed by atoms with Crippen molar-refractivity contribution in [2.75, 3.05) is 18.0 Å². The highest BCUT2D eigenvalue weighted by atomic mass is 19.3. The largest absolute Gasteiger partial charge is 0.355 e. The van der Waals surface area contributed by atoms with Crippen molar-refractivity contribution >= 4 is 11.7 Å². The third kappa shape index (κ3) is 4.18. The van der Waals surface area contributed by atoms with Gasteiger partial charge in [0.05, 0.1) is 0 Å². The molecule has 0 bridgehead atoms. The number of nitrogens with zero attached hydrogens (tertiary/aromatic N) is 2. The Labute approximate surface area is 135 Å². The summed E-state index contributed by atoms with van der Waals surface area (Å²) in [6.45, 7) is 1.66. The van der Waals surface area contributed by atoms with Crippen LogP contribution in [0.4, 0.5) is 14.6 Å². The van der Waals surface area contributed by atoms with E-state index in [2.05, 4.69) is 15.2 Å². The molecule has 0 aromatic carbocycles. The molecule has 1 saturated carbocycles. The van der Waals surface area contributed by atoms with Gasteiger partial charge in [-0.2, -0.15) is 0 Å². The fourth-order valence-electron chi connectivity index (χ4n) is 3.47. The average Bonchev–Trinajstić information content (AvgIpc) is 2.56. The van der Waals surface area contributed by atoms with E-state index in [4.69, 9.17) is 0 Å². The summed E-state index contributed by atoms with van der Waals surface area (Å²) in [7, 11) is 0. The maximum atomic E-state index is 13.2. The molecule has 2 fully saturated rings. The molecule has 0 unspecified atom stereocenters. The van der Waals surface area contributed by atoms with Crippen LogP contribution in [-0.2, 0) is 4.79 Å². The lowest BCUT2D eigenvalue weighted by atomic mass is 9.86. The number of nitrogens with one attached hydrogen (secondary N) is 1. The number of hydrogen-bond acceptors (Lipinski definition) is 3. The molecule has 6 heteroatoms. The van der Waals surface area contributed by atoms with Gasteiger partial charge >= 0.3 is 0 Å². The second kappa shape index (κ2) is 6.81. The molecule has 1 saturated heterocycles. The smallest absolute Gasteiger partial charge is 0.248 e. The van der Waals surface area contributed by atoms with E-state index in [0.717, 1.165) is 31.7 Å². The first kappa shape index (κ1) is 16.1. The summed E-state index contributed by atoms with van der Waals surface area (Å²) < 4.78 is 26.4. The van der Waals surface area contributed by atoms with Crippen LogP contribution in [0.3, 0.4) is 0 Å². The van der Waals surface area contributed by atoms with E-state index in [1.807, 2.05) is 18.2 Å². The normalized spacial score (nSPS) is 25.1. The van der Waals surface area contributed by atoms with Gasteiger partial charge in [0.1, 0.15) is 5.82 Å². The lowest BCUT2D eigenvalue weighted by Crippen LogP contribution is -2.50. The van der Waals surface area contributed by atoms with E-state index < -0.39 is 5.92 Å². The van der Waals surface area contributed by atoms with Crippen molar-refractivity contribution in [3.63, 3.8) is 0 Å². The van der Waals surface area contributed by atoms with Crippen molar-refractivity contribution < 1.29 is 13.6 Å². The lowest BCUT2D eigenvalue weighted by molar-refractivity contribution is -0.129. The molecule has 126 valence electrons. The van der Waals surface area contributed by atoms with E-state index in [1.54, 1.807) is 6.20 Å². The van der Waals surface area contributed by atoms with Crippen LogP contribution in [0, 0.1) is 5.92 Å². The Morgan fingerprint density at radius 3 is 2.74 bits per heavy atom. The topological polar surface area (TPSA) is 45.2 Å². The number of anilines is 1. The molecule has 4 nitrogen and oxygen atoms in total. The first-order valence-corrected chi connectivity index (χ1v) is 8.38. The Bertz CT molecular complexity index is 528. The summed E-state index contributed by atoms with van der Waals surface area (Å²) >= 11 is 0. The van der Waals surface area contributed by atoms with Gasteiger partial charge in [-0.1, -0.05) is 6.07 Å². The molecule has 1 amide bonds. The van der Waals surface area contributed by atoms with Crippen LogP contribution in [0.1, 0.15) is 38.5 Å². The summed E-state index contributed by atoms with van der Waals surface area (Å²) in [6.07, 6.45) is 3.92. The Kier molecular flexibility index (Phi) is 4.78. The van der Waals surface area contributed by atoms with Crippen LogP contribution >= 0.6 is 0 Å². The maximum Gasteiger partial charge on any atom is 0.248 e. The monoisotopic (exact) mass is 323 g/mol. The van der Waals surface area contributed by atoms with E-state index in [9.17, 15) is 13.6 Å². The number of carbonyl (C=O) groups excluding carboxylic acids is 1. The van der Waals surface area contributed by atoms with Crippen molar-refractivity contribution in [3.8, 4) is 0 Å². The summed E-state index contributed by atoms with van der Waals surface area (Å²) in [6, 6.07) is 5.87. The molecule has 1 atom stereocenters. The number of piperidine rings is 1. The first-order chi connectivity index (χ1) is 11.0. The van der Waals surface area contributed by atoms with Gasteiger partial charge in [-0.05, 0) is 37.8 Å². The molecule has 3 rings (SSSR count). The summed E-state index contributed by atoms with van der Waals surface area (Å²) in [5, 5.41) is 3.06. The van der Waals surface area contributed by atoms with Gasteiger partial charge < -0.3 is 10.2 Å². The number of carbonyl (C=O) groups is 1. The van der Waals surface area contributed by atoms with Crippen molar-refractivity contribution in [1.29, 1.82) is 0 Å². The molecular formula is C17H23F2N3O. The summed E-state index contributed by atoms with van der Waals surface area (Å²) in [4.78, 5) is 18.9.